The van der Waals surface area contributed by atoms with E-state index in [1.807, 2.05) is 0 Å². The SMILES string of the molecule is COc1ccc(Cl)cc1C(=O)CCC(=O)NCCCNC=O. The molecular formula is C15H19ClN2O4. The fraction of sp³-hybridized carbons (Fsp3) is 0.400. The van der Waals surface area contributed by atoms with Gasteiger partial charge in [-0.15, -0.1) is 0 Å². The van der Waals surface area contributed by atoms with Gasteiger partial charge in [0.1, 0.15) is 5.75 Å². The van der Waals surface area contributed by atoms with Crippen LogP contribution in [0.15, 0.2) is 18.2 Å². The molecule has 22 heavy (non-hydrogen) atoms. The summed E-state index contributed by atoms with van der Waals surface area (Å²) in [5.74, 6) is 0.0346. The van der Waals surface area contributed by atoms with Crippen molar-refractivity contribution in [1.82, 2.24) is 10.6 Å². The maximum absolute atomic E-state index is 12.1. The largest absolute Gasteiger partial charge is 0.496 e. The van der Waals surface area contributed by atoms with Crippen molar-refractivity contribution in [1.29, 1.82) is 0 Å². The lowest BCUT2D eigenvalue weighted by Gasteiger charge is -2.08. The van der Waals surface area contributed by atoms with Crippen LogP contribution < -0.4 is 15.4 Å². The van der Waals surface area contributed by atoms with Crippen LogP contribution >= 0.6 is 11.6 Å². The highest BCUT2D eigenvalue weighted by atomic mass is 35.5. The first kappa shape index (κ1) is 18.0. The van der Waals surface area contributed by atoms with Crippen LogP contribution in [0, 0.1) is 0 Å². The van der Waals surface area contributed by atoms with E-state index in [9.17, 15) is 14.4 Å². The number of ether oxygens (including phenoxy) is 1. The van der Waals surface area contributed by atoms with Crippen LogP contribution in [0.25, 0.3) is 0 Å². The summed E-state index contributed by atoms with van der Waals surface area (Å²) in [5.41, 5.74) is 0.373. The number of nitrogens with one attached hydrogen (secondary N) is 2. The number of halogens is 1. The van der Waals surface area contributed by atoms with E-state index < -0.39 is 0 Å². The van der Waals surface area contributed by atoms with E-state index in [-0.39, 0.29) is 24.5 Å². The van der Waals surface area contributed by atoms with Gasteiger partial charge in [-0.05, 0) is 24.6 Å². The van der Waals surface area contributed by atoms with E-state index in [1.54, 1.807) is 12.1 Å². The van der Waals surface area contributed by atoms with Crippen molar-refractivity contribution in [3.05, 3.63) is 28.8 Å². The first-order valence-corrected chi connectivity index (χ1v) is 7.26. The molecule has 1 aromatic carbocycles. The fourth-order valence-corrected chi connectivity index (χ4v) is 2.00. The Hall–Kier alpha value is -2.08. The lowest BCUT2D eigenvalue weighted by molar-refractivity contribution is -0.121. The second kappa shape index (κ2) is 9.78. The molecule has 0 aromatic heterocycles. The van der Waals surface area contributed by atoms with Crippen LogP contribution in [0.2, 0.25) is 5.02 Å². The Bertz CT molecular complexity index is 534. The van der Waals surface area contributed by atoms with E-state index in [0.717, 1.165) is 0 Å². The van der Waals surface area contributed by atoms with E-state index in [4.69, 9.17) is 16.3 Å². The van der Waals surface area contributed by atoms with Crippen molar-refractivity contribution in [3.8, 4) is 5.75 Å². The third-order valence-electron chi connectivity index (χ3n) is 2.94. The van der Waals surface area contributed by atoms with Gasteiger partial charge in [0.25, 0.3) is 0 Å². The predicted molar refractivity (Wildman–Crippen MR) is 83.3 cm³/mol. The second-order valence-electron chi connectivity index (χ2n) is 4.54. The summed E-state index contributed by atoms with van der Waals surface area (Å²) in [7, 11) is 1.47. The molecule has 7 heteroatoms. The molecule has 0 atom stereocenters. The fourth-order valence-electron chi connectivity index (χ4n) is 1.83. The normalized spacial score (nSPS) is 9.91. The molecule has 0 heterocycles. The molecule has 0 aliphatic rings. The van der Waals surface area contributed by atoms with Crippen molar-refractivity contribution in [2.45, 2.75) is 19.3 Å². The van der Waals surface area contributed by atoms with Crippen LogP contribution in [-0.2, 0) is 9.59 Å². The number of ketones is 1. The topological polar surface area (TPSA) is 84.5 Å². The van der Waals surface area contributed by atoms with Gasteiger partial charge < -0.3 is 15.4 Å². The second-order valence-corrected chi connectivity index (χ2v) is 4.98. The Kier molecular flexibility index (Phi) is 7.99. The Balaban J connectivity index is 2.41. The van der Waals surface area contributed by atoms with Gasteiger partial charge >= 0.3 is 0 Å². The zero-order valence-corrected chi connectivity index (χ0v) is 13.1. The molecule has 1 aromatic rings. The first-order chi connectivity index (χ1) is 10.6. The van der Waals surface area contributed by atoms with Gasteiger partial charge in [-0.1, -0.05) is 11.6 Å². The minimum atomic E-state index is -0.208. The third-order valence-corrected chi connectivity index (χ3v) is 3.18. The number of Topliss-reactive ketones (excluding diaryl/α,β-unsaturated/α-hetero) is 1. The summed E-state index contributed by atoms with van der Waals surface area (Å²) in [6.07, 6.45) is 1.42. The van der Waals surface area contributed by atoms with E-state index >= 15 is 0 Å². The lowest BCUT2D eigenvalue weighted by atomic mass is 10.1. The highest BCUT2D eigenvalue weighted by Crippen LogP contribution is 2.24. The molecule has 0 saturated carbocycles. The Morgan fingerprint density at radius 1 is 1.27 bits per heavy atom. The number of benzene rings is 1. The van der Waals surface area contributed by atoms with Gasteiger partial charge in [0, 0.05) is 31.0 Å². The number of hydrogen-bond donors (Lipinski definition) is 2. The van der Waals surface area contributed by atoms with Gasteiger partial charge in [-0.2, -0.15) is 0 Å². The van der Waals surface area contributed by atoms with Crippen molar-refractivity contribution >= 4 is 29.7 Å². The molecule has 6 nitrogen and oxygen atoms in total. The number of carbonyl (C=O) groups excluding carboxylic acids is 3. The molecule has 2 N–H and O–H groups in total. The molecule has 0 saturated heterocycles. The Morgan fingerprint density at radius 2 is 2.05 bits per heavy atom. The molecule has 1 rings (SSSR count). The zero-order valence-electron chi connectivity index (χ0n) is 12.4. The van der Waals surface area contributed by atoms with Gasteiger partial charge in [0.15, 0.2) is 5.78 Å². The Labute approximate surface area is 134 Å². The molecule has 0 radical (unpaired) electrons. The maximum atomic E-state index is 12.1. The lowest BCUT2D eigenvalue weighted by Crippen LogP contribution is -2.27. The highest BCUT2D eigenvalue weighted by molar-refractivity contribution is 6.31. The zero-order chi connectivity index (χ0) is 16.4. The van der Waals surface area contributed by atoms with Gasteiger partial charge in [0.05, 0.1) is 12.7 Å². The van der Waals surface area contributed by atoms with Gasteiger partial charge in [-0.3, -0.25) is 14.4 Å². The number of rotatable bonds is 10. The van der Waals surface area contributed by atoms with Crippen LogP contribution in [0.3, 0.4) is 0 Å². The average Bonchev–Trinajstić information content (AvgIpc) is 2.52. The summed E-state index contributed by atoms with van der Waals surface area (Å²) < 4.78 is 5.12. The molecule has 0 aliphatic heterocycles. The van der Waals surface area contributed by atoms with Gasteiger partial charge in [-0.25, -0.2) is 0 Å². The maximum Gasteiger partial charge on any atom is 0.220 e. The predicted octanol–water partition coefficient (Wildman–Crippen LogP) is 1.56. The monoisotopic (exact) mass is 326 g/mol. The van der Waals surface area contributed by atoms with Crippen LogP contribution in [0.1, 0.15) is 29.6 Å². The average molecular weight is 327 g/mol. The van der Waals surface area contributed by atoms with Gasteiger partial charge in [0.2, 0.25) is 12.3 Å². The summed E-state index contributed by atoms with van der Waals surface area (Å²) >= 11 is 5.87. The summed E-state index contributed by atoms with van der Waals surface area (Å²) in [6.45, 7) is 0.955. The summed E-state index contributed by atoms with van der Waals surface area (Å²) in [6, 6.07) is 4.79. The van der Waals surface area contributed by atoms with E-state index in [0.29, 0.717) is 42.3 Å². The van der Waals surface area contributed by atoms with E-state index in [1.165, 1.54) is 13.2 Å². The molecule has 0 unspecified atom stereocenters. The molecule has 0 aliphatic carbocycles. The van der Waals surface area contributed by atoms with Crippen LogP contribution in [0.4, 0.5) is 0 Å². The summed E-state index contributed by atoms with van der Waals surface area (Å²) in [4.78, 5) is 33.8. The number of hydrogen-bond acceptors (Lipinski definition) is 4. The molecular weight excluding hydrogens is 308 g/mol. The molecule has 0 spiro atoms. The minimum Gasteiger partial charge on any atom is -0.496 e. The quantitative estimate of drug-likeness (QED) is 0.388. The van der Waals surface area contributed by atoms with E-state index in [2.05, 4.69) is 10.6 Å². The first-order valence-electron chi connectivity index (χ1n) is 6.89. The smallest absolute Gasteiger partial charge is 0.220 e. The third kappa shape index (κ3) is 6.13. The molecule has 0 bridgehead atoms. The van der Waals surface area contributed by atoms with Crippen molar-refractivity contribution < 1.29 is 19.1 Å². The molecule has 2 amide bonds. The van der Waals surface area contributed by atoms with Crippen molar-refractivity contribution in [2.24, 2.45) is 0 Å². The van der Waals surface area contributed by atoms with Crippen LogP contribution in [0.5, 0.6) is 5.75 Å². The number of methoxy groups -OCH3 is 1. The van der Waals surface area contributed by atoms with Crippen molar-refractivity contribution in [3.63, 3.8) is 0 Å². The van der Waals surface area contributed by atoms with Crippen molar-refractivity contribution in [2.75, 3.05) is 20.2 Å². The standard InChI is InChI=1S/C15H19ClN2O4/c1-22-14-5-3-11(16)9-12(14)13(20)4-6-15(21)18-8-2-7-17-10-19/h3,5,9-10H,2,4,6-8H2,1H3,(H,17,19)(H,18,21). The highest BCUT2D eigenvalue weighted by Gasteiger charge is 2.14. The molecule has 0 fully saturated rings. The number of carbonyl (C=O) groups is 3. The Morgan fingerprint density at radius 3 is 2.73 bits per heavy atom. The minimum absolute atomic E-state index is 0.0785. The van der Waals surface area contributed by atoms with Crippen LogP contribution in [-0.4, -0.2) is 38.3 Å². The summed E-state index contributed by atoms with van der Waals surface area (Å²) in [5, 5.41) is 5.62. The number of amides is 2. The molecule has 120 valence electrons.